The lowest BCUT2D eigenvalue weighted by molar-refractivity contribution is 0.0762. The van der Waals surface area contributed by atoms with E-state index in [4.69, 9.17) is 4.74 Å². The van der Waals surface area contributed by atoms with Crippen molar-refractivity contribution in [3.63, 3.8) is 0 Å². The number of halogens is 1. The number of hydrogen-bond acceptors (Lipinski definition) is 4. The Balaban J connectivity index is 2.38. The number of rotatable bonds is 9. The number of ether oxygens (including phenoxy) is 1. The molecule has 6 nitrogen and oxygen atoms in total. The van der Waals surface area contributed by atoms with Crippen molar-refractivity contribution >= 4 is 37.5 Å². The van der Waals surface area contributed by atoms with Gasteiger partial charge in [-0.1, -0.05) is 29.3 Å². The molecular formula is C20H25BrN2O4S. The van der Waals surface area contributed by atoms with Gasteiger partial charge in [0.2, 0.25) is 0 Å². The third-order valence-electron chi connectivity index (χ3n) is 4.25. The minimum atomic E-state index is -3.94. The Kier molecular flexibility index (Phi) is 7.88. The molecule has 0 saturated carbocycles. The molecule has 28 heavy (non-hydrogen) atoms. The van der Waals surface area contributed by atoms with Crippen LogP contribution in [0.4, 0.5) is 5.69 Å². The Hall–Kier alpha value is -2.06. The van der Waals surface area contributed by atoms with Gasteiger partial charge in [0.1, 0.15) is 10.6 Å². The Morgan fingerprint density at radius 2 is 1.82 bits per heavy atom. The Morgan fingerprint density at radius 3 is 2.39 bits per heavy atom. The summed E-state index contributed by atoms with van der Waals surface area (Å²) in [5.41, 5.74) is 0.732. The summed E-state index contributed by atoms with van der Waals surface area (Å²) in [4.78, 5) is 14.5. The maximum atomic E-state index is 12.9. The van der Waals surface area contributed by atoms with Crippen LogP contribution in [0.15, 0.2) is 51.8 Å². The summed E-state index contributed by atoms with van der Waals surface area (Å²) < 4.78 is 34.4. The second-order valence-electron chi connectivity index (χ2n) is 6.22. The molecule has 8 heteroatoms. The number of anilines is 1. The van der Waals surface area contributed by atoms with E-state index in [1.54, 1.807) is 35.2 Å². The first-order valence-electron chi connectivity index (χ1n) is 9.08. The summed E-state index contributed by atoms with van der Waals surface area (Å²) in [7, 11) is -2.54. The van der Waals surface area contributed by atoms with Crippen LogP contribution in [0, 0.1) is 0 Å². The molecule has 0 bridgehead atoms. The molecule has 0 spiro atoms. The predicted octanol–water partition coefficient (Wildman–Crippen LogP) is 4.52. The Morgan fingerprint density at radius 1 is 1.14 bits per heavy atom. The van der Waals surface area contributed by atoms with Crippen molar-refractivity contribution in [2.45, 2.75) is 31.6 Å². The molecule has 0 unspecified atom stereocenters. The van der Waals surface area contributed by atoms with Crippen molar-refractivity contribution in [1.29, 1.82) is 0 Å². The first-order chi connectivity index (χ1) is 13.3. The molecular weight excluding hydrogens is 444 g/mol. The van der Waals surface area contributed by atoms with E-state index in [0.29, 0.717) is 24.3 Å². The standard InChI is InChI=1S/C20H25BrN2O4S/c1-4-6-13-23(5-2)20(24)15-7-12-18(27-3)19(14-15)28(25,26)22-17-10-8-16(21)9-11-17/h7-12,14,22H,4-6,13H2,1-3H3. The number of sulfonamides is 1. The van der Waals surface area contributed by atoms with Gasteiger partial charge in [-0.3, -0.25) is 9.52 Å². The van der Waals surface area contributed by atoms with Crippen LogP contribution in [-0.2, 0) is 10.0 Å². The second-order valence-corrected chi connectivity index (χ2v) is 8.78. The molecule has 1 N–H and O–H groups in total. The molecule has 0 atom stereocenters. The van der Waals surface area contributed by atoms with Crippen molar-refractivity contribution < 1.29 is 17.9 Å². The van der Waals surface area contributed by atoms with Crippen molar-refractivity contribution in [1.82, 2.24) is 4.90 Å². The molecule has 0 aromatic heterocycles. The zero-order valence-corrected chi connectivity index (χ0v) is 18.6. The molecule has 0 aliphatic carbocycles. The fraction of sp³-hybridized carbons (Fsp3) is 0.350. The lowest BCUT2D eigenvalue weighted by Gasteiger charge is -2.21. The first kappa shape index (κ1) is 22.2. The summed E-state index contributed by atoms with van der Waals surface area (Å²) in [5.74, 6) is -0.0172. The van der Waals surface area contributed by atoms with Gasteiger partial charge in [0, 0.05) is 28.8 Å². The number of benzene rings is 2. The van der Waals surface area contributed by atoms with E-state index in [0.717, 1.165) is 17.3 Å². The van der Waals surface area contributed by atoms with Crippen LogP contribution in [0.2, 0.25) is 0 Å². The smallest absolute Gasteiger partial charge is 0.265 e. The fourth-order valence-corrected chi connectivity index (χ4v) is 4.20. The quantitative estimate of drug-likeness (QED) is 0.586. The van der Waals surface area contributed by atoms with E-state index in [2.05, 4.69) is 27.6 Å². The fourth-order valence-electron chi connectivity index (χ4n) is 2.68. The summed E-state index contributed by atoms with van der Waals surface area (Å²) in [6.45, 7) is 5.16. The number of methoxy groups -OCH3 is 1. The zero-order chi connectivity index (χ0) is 20.7. The molecule has 0 aliphatic heterocycles. The van der Waals surface area contributed by atoms with Crippen molar-refractivity contribution in [2.75, 3.05) is 24.9 Å². The third kappa shape index (κ3) is 5.48. The van der Waals surface area contributed by atoms with Crippen LogP contribution in [0.25, 0.3) is 0 Å². The molecule has 1 amide bonds. The van der Waals surface area contributed by atoms with Crippen molar-refractivity contribution in [3.05, 3.63) is 52.5 Å². The van der Waals surface area contributed by atoms with E-state index < -0.39 is 10.0 Å². The second kappa shape index (κ2) is 9.93. The summed E-state index contributed by atoms with van der Waals surface area (Å²) in [5, 5.41) is 0. The third-order valence-corrected chi connectivity index (χ3v) is 6.18. The number of carbonyl (C=O) groups is 1. The van der Waals surface area contributed by atoms with E-state index in [1.807, 2.05) is 6.92 Å². The molecule has 0 radical (unpaired) electrons. The molecule has 0 fully saturated rings. The van der Waals surface area contributed by atoms with Gasteiger partial charge in [0.15, 0.2) is 0 Å². The van der Waals surface area contributed by atoms with E-state index in [1.165, 1.54) is 19.2 Å². The zero-order valence-electron chi connectivity index (χ0n) is 16.2. The minimum Gasteiger partial charge on any atom is -0.495 e. The Labute approximate surface area is 175 Å². The van der Waals surface area contributed by atoms with Crippen LogP contribution in [-0.4, -0.2) is 39.4 Å². The van der Waals surface area contributed by atoms with Crippen molar-refractivity contribution in [2.24, 2.45) is 0 Å². The SMILES string of the molecule is CCCCN(CC)C(=O)c1ccc(OC)c(S(=O)(=O)Nc2ccc(Br)cc2)c1. The van der Waals surface area contributed by atoms with E-state index in [9.17, 15) is 13.2 Å². The van der Waals surface area contributed by atoms with Crippen LogP contribution in [0.3, 0.4) is 0 Å². The highest BCUT2D eigenvalue weighted by molar-refractivity contribution is 9.10. The number of carbonyl (C=O) groups excluding carboxylic acids is 1. The lowest BCUT2D eigenvalue weighted by Crippen LogP contribution is -2.32. The van der Waals surface area contributed by atoms with Gasteiger partial charge in [-0.2, -0.15) is 0 Å². The van der Waals surface area contributed by atoms with Gasteiger partial charge in [-0.05, 0) is 55.8 Å². The molecule has 2 aromatic carbocycles. The molecule has 0 aliphatic rings. The normalized spacial score (nSPS) is 11.1. The van der Waals surface area contributed by atoms with E-state index in [-0.39, 0.29) is 16.6 Å². The Bertz CT molecular complexity index is 914. The molecule has 152 valence electrons. The van der Waals surface area contributed by atoms with Gasteiger partial charge in [0.05, 0.1) is 7.11 Å². The van der Waals surface area contributed by atoms with Crippen LogP contribution < -0.4 is 9.46 Å². The molecule has 0 saturated heterocycles. The largest absolute Gasteiger partial charge is 0.495 e. The number of amides is 1. The minimum absolute atomic E-state index is 0.0738. The number of nitrogens with one attached hydrogen (secondary N) is 1. The van der Waals surface area contributed by atoms with Crippen LogP contribution in [0.1, 0.15) is 37.0 Å². The summed E-state index contributed by atoms with van der Waals surface area (Å²) >= 11 is 3.32. The van der Waals surface area contributed by atoms with Gasteiger partial charge in [-0.25, -0.2) is 8.42 Å². The van der Waals surface area contributed by atoms with Crippen LogP contribution >= 0.6 is 15.9 Å². The number of nitrogens with zero attached hydrogens (tertiary/aromatic N) is 1. The summed E-state index contributed by atoms with van der Waals surface area (Å²) in [6.07, 6.45) is 1.87. The number of hydrogen-bond donors (Lipinski definition) is 1. The molecule has 0 heterocycles. The monoisotopic (exact) mass is 468 g/mol. The maximum Gasteiger partial charge on any atom is 0.265 e. The average molecular weight is 469 g/mol. The van der Waals surface area contributed by atoms with Gasteiger partial charge >= 0.3 is 0 Å². The molecule has 2 aromatic rings. The van der Waals surface area contributed by atoms with Gasteiger partial charge in [0.25, 0.3) is 15.9 Å². The number of unbranched alkanes of at least 4 members (excludes halogenated alkanes) is 1. The summed E-state index contributed by atoms with van der Waals surface area (Å²) in [6, 6.07) is 11.2. The first-order valence-corrected chi connectivity index (χ1v) is 11.4. The highest BCUT2D eigenvalue weighted by Crippen LogP contribution is 2.28. The average Bonchev–Trinajstić information content (AvgIpc) is 2.69. The maximum absolute atomic E-state index is 12.9. The molecule has 2 rings (SSSR count). The van der Waals surface area contributed by atoms with Gasteiger partial charge in [-0.15, -0.1) is 0 Å². The predicted molar refractivity (Wildman–Crippen MR) is 114 cm³/mol. The van der Waals surface area contributed by atoms with Crippen LogP contribution in [0.5, 0.6) is 5.75 Å². The van der Waals surface area contributed by atoms with Crippen molar-refractivity contribution in [3.8, 4) is 5.75 Å². The van der Waals surface area contributed by atoms with Gasteiger partial charge < -0.3 is 9.64 Å². The highest BCUT2D eigenvalue weighted by Gasteiger charge is 2.23. The lowest BCUT2D eigenvalue weighted by atomic mass is 10.1. The van der Waals surface area contributed by atoms with E-state index >= 15 is 0 Å². The highest BCUT2D eigenvalue weighted by atomic mass is 79.9. The topological polar surface area (TPSA) is 75.7 Å².